The van der Waals surface area contributed by atoms with Crippen molar-refractivity contribution in [3.63, 3.8) is 0 Å². The van der Waals surface area contributed by atoms with Crippen LogP contribution in [0.3, 0.4) is 0 Å². The van der Waals surface area contributed by atoms with Crippen LogP contribution in [0.1, 0.15) is 49.3 Å². The Bertz CT molecular complexity index is 917. The maximum atomic E-state index is 14.4. The maximum Gasteiger partial charge on any atom is 0.225 e. The molecule has 1 aliphatic heterocycles. The average Bonchev–Trinajstić information content (AvgIpc) is 3.56. The van der Waals surface area contributed by atoms with Crippen molar-refractivity contribution in [1.82, 2.24) is 14.9 Å². The lowest BCUT2D eigenvalue weighted by Gasteiger charge is -2.36. The molecule has 2 aliphatic rings. The van der Waals surface area contributed by atoms with Crippen LogP contribution in [-0.4, -0.2) is 47.0 Å². The van der Waals surface area contributed by atoms with Gasteiger partial charge in [-0.3, -0.25) is 4.79 Å². The lowest BCUT2D eigenvalue weighted by Crippen LogP contribution is -2.49. The van der Waals surface area contributed by atoms with E-state index in [0.717, 1.165) is 68.3 Å². The first kappa shape index (κ1) is 20.8. The fraction of sp³-hybridized carbons (Fsp3) is 0.542. The summed E-state index contributed by atoms with van der Waals surface area (Å²) in [4.78, 5) is 26.3. The summed E-state index contributed by atoms with van der Waals surface area (Å²) in [5.74, 6) is 2.57. The highest BCUT2D eigenvalue weighted by Crippen LogP contribution is 2.32. The molecule has 2 aromatic rings. The molecule has 1 aliphatic carbocycles. The van der Waals surface area contributed by atoms with Crippen molar-refractivity contribution in [3.05, 3.63) is 52.7 Å². The number of piperazine rings is 1. The molecule has 4 rings (SSSR count). The van der Waals surface area contributed by atoms with Crippen LogP contribution in [0.25, 0.3) is 0 Å². The predicted octanol–water partition coefficient (Wildman–Crippen LogP) is 3.77. The summed E-state index contributed by atoms with van der Waals surface area (Å²) >= 11 is 0. The Labute approximate surface area is 178 Å². The molecule has 1 amide bonds. The molecule has 1 saturated heterocycles. The van der Waals surface area contributed by atoms with E-state index in [4.69, 9.17) is 9.97 Å². The standard InChI is InChI=1S/C24H31FN4O/c1-16(2)14-22-26-17(3)20(15-19-6-4-5-7-21(19)25)23(27-22)28-10-12-29(13-11-28)24(30)18-8-9-18/h4-7,16,18H,8-15H2,1-3H3. The number of halogens is 1. The first-order chi connectivity index (χ1) is 14.4. The van der Waals surface area contributed by atoms with Gasteiger partial charge in [0.25, 0.3) is 0 Å². The molecule has 0 spiro atoms. The smallest absolute Gasteiger partial charge is 0.225 e. The Hall–Kier alpha value is -2.50. The van der Waals surface area contributed by atoms with Crippen molar-refractivity contribution in [2.45, 2.75) is 46.5 Å². The summed E-state index contributed by atoms with van der Waals surface area (Å²) in [5, 5.41) is 0. The van der Waals surface area contributed by atoms with Crippen LogP contribution in [0, 0.1) is 24.6 Å². The largest absolute Gasteiger partial charge is 0.353 e. The van der Waals surface area contributed by atoms with Gasteiger partial charge in [0.2, 0.25) is 5.91 Å². The zero-order chi connectivity index (χ0) is 21.3. The number of anilines is 1. The van der Waals surface area contributed by atoms with E-state index < -0.39 is 0 Å². The molecule has 30 heavy (non-hydrogen) atoms. The SMILES string of the molecule is Cc1nc(CC(C)C)nc(N2CCN(C(=O)C3CC3)CC2)c1Cc1ccccc1F. The molecular weight excluding hydrogens is 379 g/mol. The summed E-state index contributed by atoms with van der Waals surface area (Å²) in [6, 6.07) is 6.90. The van der Waals surface area contributed by atoms with E-state index in [0.29, 0.717) is 23.8 Å². The lowest BCUT2D eigenvalue weighted by atomic mass is 10.0. The molecule has 5 nitrogen and oxygen atoms in total. The number of amides is 1. The van der Waals surface area contributed by atoms with Gasteiger partial charge in [0.05, 0.1) is 0 Å². The van der Waals surface area contributed by atoms with Gasteiger partial charge in [-0.1, -0.05) is 32.0 Å². The van der Waals surface area contributed by atoms with Crippen molar-refractivity contribution < 1.29 is 9.18 Å². The van der Waals surface area contributed by atoms with Crippen LogP contribution in [-0.2, 0) is 17.6 Å². The highest BCUT2D eigenvalue weighted by atomic mass is 19.1. The van der Waals surface area contributed by atoms with E-state index in [1.54, 1.807) is 6.07 Å². The van der Waals surface area contributed by atoms with Gasteiger partial charge >= 0.3 is 0 Å². The first-order valence-electron chi connectivity index (χ1n) is 11.1. The van der Waals surface area contributed by atoms with Gasteiger partial charge in [-0.2, -0.15) is 0 Å². The third kappa shape index (κ3) is 4.63. The summed E-state index contributed by atoms with van der Waals surface area (Å²) in [7, 11) is 0. The molecular formula is C24H31FN4O. The van der Waals surface area contributed by atoms with E-state index in [2.05, 4.69) is 18.7 Å². The van der Waals surface area contributed by atoms with Gasteiger partial charge in [0.1, 0.15) is 17.5 Å². The van der Waals surface area contributed by atoms with Crippen LogP contribution in [0.4, 0.5) is 10.2 Å². The van der Waals surface area contributed by atoms with E-state index in [9.17, 15) is 9.18 Å². The fourth-order valence-electron chi connectivity index (χ4n) is 4.12. The van der Waals surface area contributed by atoms with Gasteiger partial charge < -0.3 is 9.80 Å². The van der Waals surface area contributed by atoms with Crippen LogP contribution in [0.5, 0.6) is 0 Å². The molecule has 2 fully saturated rings. The number of aromatic nitrogens is 2. The Balaban J connectivity index is 1.61. The maximum absolute atomic E-state index is 14.4. The summed E-state index contributed by atoms with van der Waals surface area (Å²) in [6.45, 7) is 9.26. The topological polar surface area (TPSA) is 49.3 Å². The minimum atomic E-state index is -0.200. The molecule has 160 valence electrons. The van der Waals surface area contributed by atoms with Crippen LogP contribution in [0.2, 0.25) is 0 Å². The zero-order valence-electron chi connectivity index (χ0n) is 18.2. The van der Waals surface area contributed by atoms with Crippen molar-refractivity contribution in [3.8, 4) is 0 Å². The number of benzene rings is 1. The molecule has 2 heterocycles. The Kier molecular flexibility index (Phi) is 6.02. The van der Waals surface area contributed by atoms with Crippen LogP contribution in [0.15, 0.2) is 24.3 Å². The molecule has 0 unspecified atom stereocenters. The third-order valence-electron chi connectivity index (χ3n) is 5.97. The minimum absolute atomic E-state index is 0.200. The predicted molar refractivity (Wildman–Crippen MR) is 116 cm³/mol. The molecule has 0 N–H and O–H groups in total. The normalized spacial score (nSPS) is 17.0. The molecule has 1 saturated carbocycles. The van der Waals surface area contributed by atoms with Gasteiger partial charge in [-0.25, -0.2) is 14.4 Å². The van der Waals surface area contributed by atoms with Crippen molar-refractivity contribution in [1.29, 1.82) is 0 Å². The van der Waals surface area contributed by atoms with E-state index >= 15 is 0 Å². The zero-order valence-corrected chi connectivity index (χ0v) is 18.2. The highest BCUT2D eigenvalue weighted by Gasteiger charge is 2.35. The van der Waals surface area contributed by atoms with Crippen LogP contribution >= 0.6 is 0 Å². The number of nitrogens with zero attached hydrogens (tertiary/aromatic N) is 4. The summed E-state index contributed by atoms with van der Waals surface area (Å²) in [5.41, 5.74) is 2.55. The molecule has 0 bridgehead atoms. The molecule has 0 atom stereocenters. The number of hydrogen-bond acceptors (Lipinski definition) is 4. The van der Waals surface area contributed by atoms with Gasteiger partial charge in [-0.05, 0) is 37.3 Å². The van der Waals surface area contributed by atoms with Crippen molar-refractivity contribution in [2.24, 2.45) is 11.8 Å². The Morgan fingerprint density at radius 1 is 1.13 bits per heavy atom. The monoisotopic (exact) mass is 410 g/mol. The van der Waals surface area contributed by atoms with E-state index in [1.165, 1.54) is 6.07 Å². The highest BCUT2D eigenvalue weighted by molar-refractivity contribution is 5.81. The van der Waals surface area contributed by atoms with E-state index in [-0.39, 0.29) is 11.7 Å². The second-order valence-corrected chi connectivity index (χ2v) is 8.98. The molecule has 0 radical (unpaired) electrons. The number of carbonyl (C=O) groups is 1. The Morgan fingerprint density at radius 3 is 2.47 bits per heavy atom. The number of hydrogen-bond donors (Lipinski definition) is 0. The van der Waals surface area contributed by atoms with Gasteiger partial charge in [0, 0.05) is 56.2 Å². The average molecular weight is 411 g/mol. The molecule has 1 aromatic carbocycles. The second kappa shape index (κ2) is 8.70. The van der Waals surface area contributed by atoms with Gasteiger partial charge in [-0.15, -0.1) is 0 Å². The first-order valence-corrected chi connectivity index (χ1v) is 11.1. The Morgan fingerprint density at radius 2 is 1.83 bits per heavy atom. The molecule has 1 aromatic heterocycles. The third-order valence-corrected chi connectivity index (χ3v) is 5.97. The number of carbonyl (C=O) groups excluding carboxylic acids is 1. The summed E-state index contributed by atoms with van der Waals surface area (Å²) in [6.07, 6.45) is 3.36. The second-order valence-electron chi connectivity index (χ2n) is 8.98. The van der Waals surface area contributed by atoms with Crippen molar-refractivity contribution >= 4 is 11.7 Å². The number of aryl methyl sites for hydroxylation is 1. The van der Waals surface area contributed by atoms with Crippen LogP contribution < -0.4 is 4.90 Å². The fourth-order valence-corrected chi connectivity index (χ4v) is 4.12. The van der Waals surface area contributed by atoms with Crippen molar-refractivity contribution in [2.75, 3.05) is 31.1 Å². The van der Waals surface area contributed by atoms with Gasteiger partial charge in [0.15, 0.2) is 0 Å². The molecule has 6 heteroatoms. The number of rotatable bonds is 6. The minimum Gasteiger partial charge on any atom is -0.353 e. The van der Waals surface area contributed by atoms with E-state index in [1.807, 2.05) is 24.0 Å². The summed E-state index contributed by atoms with van der Waals surface area (Å²) < 4.78 is 14.4. The quantitative estimate of drug-likeness (QED) is 0.727. The lowest BCUT2D eigenvalue weighted by molar-refractivity contribution is -0.132.